The summed E-state index contributed by atoms with van der Waals surface area (Å²) in [6.45, 7) is 7.16. The number of amides is 1. The Hall–Kier alpha value is -1.62. The average molecular weight is 264 g/mol. The van der Waals surface area contributed by atoms with Crippen molar-refractivity contribution in [1.29, 1.82) is 0 Å². The monoisotopic (exact) mass is 264 g/mol. The number of nitrogens with one attached hydrogen (secondary N) is 1. The van der Waals surface area contributed by atoms with E-state index in [4.69, 9.17) is 9.47 Å². The number of pyridine rings is 1. The second kappa shape index (κ2) is 5.57. The molecule has 0 saturated carbocycles. The molecule has 19 heavy (non-hydrogen) atoms. The molecular weight excluding hydrogens is 244 g/mol. The molecule has 0 aliphatic carbocycles. The van der Waals surface area contributed by atoms with Gasteiger partial charge in [-0.2, -0.15) is 0 Å². The molecule has 2 heterocycles. The highest BCUT2D eigenvalue weighted by Crippen LogP contribution is 2.15. The van der Waals surface area contributed by atoms with Crippen LogP contribution in [0.5, 0.6) is 5.88 Å². The van der Waals surface area contributed by atoms with Gasteiger partial charge in [0.1, 0.15) is 6.10 Å². The largest absolute Gasteiger partial charge is 0.472 e. The maximum atomic E-state index is 11.9. The van der Waals surface area contributed by atoms with Gasteiger partial charge in [0, 0.05) is 24.2 Å². The number of hydrogen-bond donors (Lipinski definition) is 1. The maximum absolute atomic E-state index is 11.9. The Balaban J connectivity index is 1.95. The van der Waals surface area contributed by atoms with E-state index in [0.29, 0.717) is 18.1 Å². The normalized spacial score (nSPS) is 19.2. The van der Waals surface area contributed by atoms with Crippen molar-refractivity contribution in [2.45, 2.75) is 38.8 Å². The highest BCUT2D eigenvalue weighted by molar-refractivity contribution is 5.94. The first kappa shape index (κ1) is 13.8. The van der Waals surface area contributed by atoms with Crippen LogP contribution in [-0.4, -0.2) is 35.7 Å². The van der Waals surface area contributed by atoms with Crippen molar-refractivity contribution in [3.63, 3.8) is 0 Å². The van der Waals surface area contributed by atoms with Crippen LogP contribution in [0.25, 0.3) is 0 Å². The van der Waals surface area contributed by atoms with Gasteiger partial charge in [-0.1, -0.05) is 0 Å². The molecule has 1 fully saturated rings. The molecule has 0 spiro atoms. The minimum Gasteiger partial charge on any atom is -0.472 e. The summed E-state index contributed by atoms with van der Waals surface area (Å²) >= 11 is 0. The highest BCUT2D eigenvalue weighted by Gasteiger charge is 2.18. The Bertz CT molecular complexity index is 431. The van der Waals surface area contributed by atoms with E-state index in [1.54, 1.807) is 12.1 Å². The lowest BCUT2D eigenvalue weighted by Crippen LogP contribution is -2.40. The number of aromatic nitrogens is 1. The van der Waals surface area contributed by atoms with Gasteiger partial charge in [0.25, 0.3) is 5.91 Å². The lowest BCUT2D eigenvalue weighted by atomic mass is 10.1. The lowest BCUT2D eigenvalue weighted by molar-refractivity contribution is 0.0919. The van der Waals surface area contributed by atoms with Crippen LogP contribution in [-0.2, 0) is 4.74 Å². The van der Waals surface area contributed by atoms with Gasteiger partial charge < -0.3 is 14.8 Å². The first-order valence-corrected chi connectivity index (χ1v) is 6.47. The second-order valence-electron chi connectivity index (χ2n) is 5.69. The van der Waals surface area contributed by atoms with Crippen LogP contribution in [0.15, 0.2) is 18.3 Å². The summed E-state index contributed by atoms with van der Waals surface area (Å²) in [7, 11) is 0. The summed E-state index contributed by atoms with van der Waals surface area (Å²) in [4.78, 5) is 16.1. The first-order valence-electron chi connectivity index (χ1n) is 6.47. The number of carbonyl (C=O) groups excluding carboxylic acids is 1. The van der Waals surface area contributed by atoms with Crippen molar-refractivity contribution in [2.75, 3.05) is 13.2 Å². The quantitative estimate of drug-likeness (QED) is 0.904. The van der Waals surface area contributed by atoms with E-state index in [-0.39, 0.29) is 17.6 Å². The average Bonchev–Trinajstić information content (AvgIpc) is 2.80. The predicted octanol–water partition coefficient (Wildman–Crippen LogP) is 1.78. The molecule has 1 amide bonds. The van der Waals surface area contributed by atoms with Crippen LogP contribution in [0.2, 0.25) is 0 Å². The standard InChI is InChI=1S/C14H20N2O3/c1-14(2,3)16-13(17)10-4-5-12(15-8-10)19-11-6-7-18-9-11/h4-5,8,11H,6-7,9H2,1-3H3,(H,16,17). The van der Waals surface area contributed by atoms with E-state index in [1.165, 1.54) is 6.20 Å². The maximum Gasteiger partial charge on any atom is 0.253 e. The summed E-state index contributed by atoms with van der Waals surface area (Å²) < 4.78 is 10.9. The third-order valence-electron chi connectivity index (χ3n) is 2.66. The summed E-state index contributed by atoms with van der Waals surface area (Å²) in [5.41, 5.74) is 0.276. The number of rotatable bonds is 3. The van der Waals surface area contributed by atoms with Crippen LogP contribution < -0.4 is 10.1 Å². The van der Waals surface area contributed by atoms with Crippen LogP contribution in [0.4, 0.5) is 0 Å². The Kier molecular flexibility index (Phi) is 4.04. The van der Waals surface area contributed by atoms with E-state index >= 15 is 0 Å². The Labute approximate surface area is 113 Å². The first-order chi connectivity index (χ1) is 8.94. The third-order valence-corrected chi connectivity index (χ3v) is 2.66. The van der Waals surface area contributed by atoms with Gasteiger partial charge in [-0.05, 0) is 26.8 Å². The van der Waals surface area contributed by atoms with Crippen LogP contribution in [0.1, 0.15) is 37.6 Å². The number of nitrogens with zero attached hydrogens (tertiary/aromatic N) is 1. The van der Waals surface area contributed by atoms with E-state index in [2.05, 4.69) is 10.3 Å². The molecule has 0 radical (unpaired) electrons. The molecule has 1 N–H and O–H groups in total. The summed E-state index contributed by atoms with van der Waals surface area (Å²) in [6, 6.07) is 3.44. The molecule has 5 heteroatoms. The molecular formula is C14H20N2O3. The van der Waals surface area contributed by atoms with Gasteiger partial charge in [-0.15, -0.1) is 0 Å². The molecule has 2 rings (SSSR count). The molecule has 1 aromatic rings. The van der Waals surface area contributed by atoms with Gasteiger partial charge in [-0.25, -0.2) is 4.98 Å². The van der Waals surface area contributed by atoms with Crippen LogP contribution in [0, 0.1) is 0 Å². The van der Waals surface area contributed by atoms with Gasteiger partial charge in [0.15, 0.2) is 0 Å². The molecule has 1 aromatic heterocycles. The molecule has 1 saturated heterocycles. The van der Waals surface area contributed by atoms with E-state index in [0.717, 1.165) is 13.0 Å². The molecule has 1 aliphatic rings. The van der Waals surface area contributed by atoms with Crippen molar-refractivity contribution >= 4 is 5.91 Å². The van der Waals surface area contributed by atoms with Gasteiger partial charge in [-0.3, -0.25) is 4.79 Å². The zero-order valence-corrected chi connectivity index (χ0v) is 11.6. The fraction of sp³-hybridized carbons (Fsp3) is 0.571. The van der Waals surface area contributed by atoms with Gasteiger partial charge >= 0.3 is 0 Å². The van der Waals surface area contributed by atoms with Gasteiger partial charge in [0.2, 0.25) is 5.88 Å². The number of carbonyl (C=O) groups is 1. The second-order valence-corrected chi connectivity index (χ2v) is 5.69. The van der Waals surface area contributed by atoms with Crippen LogP contribution >= 0.6 is 0 Å². The summed E-state index contributed by atoms with van der Waals surface area (Å²) in [5.74, 6) is 0.401. The van der Waals surface area contributed by atoms with Crippen molar-refractivity contribution in [3.8, 4) is 5.88 Å². The molecule has 0 aromatic carbocycles. The smallest absolute Gasteiger partial charge is 0.253 e. The fourth-order valence-electron chi connectivity index (χ4n) is 1.77. The molecule has 0 bridgehead atoms. The fourth-order valence-corrected chi connectivity index (χ4v) is 1.77. The molecule has 5 nitrogen and oxygen atoms in total. The predicted molar refractivity (Wildman–Crippen MR) is 71.3 cm³/mol. The third kappa shape index (κ3) is 4.21. The lowest BCUT2D eigenvalue weighted by Gasteiger charge is -2.20. The Morgan fingerprint density at radius 2 is 2.26 bits per heavy atom. The number of ether oxygens (including phenoxy) is 2. The molecule has 1 atom stereocenters. The minimum atomic E-state index is -0.257. The Morgan fingerprint density at radius 3 is 2.79 bits per heavy atom. The van der Waals surface area contributed by atoms with Crippen molar-refractivity contribution in [3.05, 3.63) is 23.9 Å². The Morgan fingerprint density at radius 1 is 1.47 bits per heavy atom. The van der Waals surface area contributed by atoms with Crippen molar-refractivity contribution in [2.24, 2.45) is 0 Å². The zero-order valence-electron chi connectivity index (χ0n) is 11.6. The highest BCUT2D eigenvalue weighted by atomic mass is 16.5. The van der Waals surface area contributed by atoms with Crippen LogP contribution in [0.3, 0.4) is 0 Å². The molecule has 104 valence electrons. The zero-order chi connectivity index (χ0) is 13.9. The topological polar surface area (TPSA) is 60.5 Å². The van der Waals surface area contributed by atoms with E-state index in [9.17, 15) is 4.79 Å². The minimum absolute atomic E-state index is 0.0711. The van der Waals surface area contributed by atoms with Crippen molar-refractivity contribution in [1.82, 2.24) is 10.3 Å². The summed E-state index contributed by atoms with van der Waals surface area (Å²) in [5, 5.41) is 2.89. The van der Waals surface area contributed by atoms with Crippen molar-refractivity contribution < 1.29 is 14.3 Å². The van der Waals surface area contributed by atoms with E-state index in [1.807, 2.05) is 20.8 Å². The van der Waals surface area contributed by atoms with Gasteiger partial charge in [0.05, 0.1) is 18.8 Å². The van der Waals surface area contributed by atoms with E-state index < -0.39 is 0 Å². The molecule has 1 unspecified atom stereocenters. The SMILES string of the molecule is CC(C)(C)NC(=O)c1ccc(OC2CCOC2)nc1. The summed E-state index contributed by atoms with van der Waals surface area (Å²) in [6.07, 6.45) is 2.49. The molecule has 1 aliphatic heterocycles. The number of hydrogen-bond acceptors (Lipinski definition) is 4.